The summed E-state index contributed by atoms with van der Waals surface area (Å²) in [6.45, 7) is 2.27. The van der Waals surface area contributed by atoms with E-state index in [9.17, 15) is 0 Å². The zero-order chi connectivity index (χ0) is 31.5. The third-order valence-corrected chi connectivity index (χ3v) is 9.53. The normalized spacial score (nSPS) is 14.2. The lowest BCUT2D eigenvalue weighted by atomic mass is 9.91. The first-order chi connectivity index (χ1) is 23.1. The van der Waals surface area contributed by atoms with Gasteiger partial charge in [-0.2, -0.15) is 0 Å². The van der Waals surface area contributed by atoms with E-state index < -0.39 is 0 Å². The van der Waals surface area contributed by atoms with Gasteiger partial charge in [0.25, 0.3) is 0 Å². The molecule has 9 rings (SSSR count). The van der Waals surface area contributed by atoms with E-state index in [1.165, 1.54) is 21.9 Å². The number of pyridine rings is 2. The van der Waals surface area contributed by atoms with Crippen LogP contribution < -0.4 is 4.90 Å². The van der Waals surface area contributed by atoms with Gasteiger partial charge in [0.2, 0.25) is 0 Å². The number of anilines is 2. The summed E-state index contributed by atoms with van der Waals surface area (Å²) in [7, 11) is 2.06. The van der Waals surface area contributed by atoms with E-state index >= 15 is 0 Å². The molecule has 0 amide bonds. The molecule has 0 saturated heterocycles. The van der Waals surface area contributed by atoms with Gasteiger partial charge in [0, 0.05) is 58.1 Å². The van der Waals surface area contributed by atoms with Gasteiger partial charge in [-0.15, -0.1) is 0 Å². The monoisotopic (exact) mass is 608 g/mol. The standard InChI is InChI=1S/C42H32N4O/c1-27-10-7-17-38-40(27)34-21-23-44-41(42(34)47-38)30-13-8-11-28(24-30)29-12-9-14-32(25-29)46-36-16-4-3-15-33(36)35-26-31(19-20-37(35)46)45(2)39-18-5-6-22-43-39/h3-9,11-27H,10H2,1-2H3. The summed E-state index contributed by atoms with van der Waals surface area (Å²) in [5.41, 5.74) is 10.9. The fraction of sp³-hybridized carbons (Fsp3) is 0.0952. The van der Waals surface area contributed by atoms with Gasteiger partial charge in [-0.1, -0.05) is 67.6 Å². The highest BCUT2D eigenvalue weighted by Crippen LogP contribution is 2.41. The number of hydrogen-bond acceptors (Lipinski definition) is 4. The average Bonchev–Trinajstić information content (AvgIpc) is 3.68. The molecule has 1 unspecified atom stereocenters. The molecule has 47 heavy (non-hydrogen) atoms. The van der Waals surface area contributed by atoms with Crippen molar-refractivity contribution in [2.45, 2.75) is 19.3 Å². The molecule has 4 aromatic carbocycles. The van der Waals surface area contributed by atoms with E-state index in [4.69, 9.17) is 9.40 Å². The van der Waals surface area contributed by atoms with Crippen molar-refractivity contribution in [2.24, 2.45) is 0 Å². The Hall–Kier alpha value is -5.94. The molecule has 4 aromatic heterocycles. The van der Waals surface area contributed by atoms with Crippen LogP contribution in [0.15, 0.2) is 138 Å². The lowest BCUT2D eigenvalue weighted by Gasteiger charge is -2.18. The predicted molar refractivity (Wildman–Crippen MR) is 194 cm³/mol. The van der Waals surface area contributed by atoms with E-state index in [0.29, 0.717) is 5.92 Å². The zero-order valence-corrected chi connectivity index (χ0v) is 26.3. The Bertz CT molecular complexity index is 2490. The Morgan fingerprint density at radius 2 is 1.51 bits per heavy atom. The second-order valence-corrected chi connectivity index (χ2v) is 12.4. The van der Waals surface area contributed by atoms with Crippen molar-refractivity contribution in [3.8, 4) is 28.1 Å². The van der Waals surface area contributed by atoms with Gasteiger partial charge < -0.3 is 13.9 Å². The Balaban J connectivity index is 1.14. The van der Waals surface area contributed by atoms with Crippen molar-refractivity contribution >= 4 is 50.4 Å². The third-order valence-electron chi connectivity index (χ3n) is 9.53. The van der Waals surface area contributed by atoms with E-state index in [0.717, 1.165) is 68.2 Å². The molecule has 8 aromatic rings. The Morgan fingerprint density at radius 1 is 0.702 bits per heavy atom. The average molecular weight is 609 g/mol. The molecule has 1 aliphatic carbocycles. The summed E-state index contributed by atoms with van der Waals surface area (Å²) >= 11 is 0. The topological polar surface area (TPSA) is 47.1 Å². The largest absolute Gasteiger partial charge is 0.454 e. The SMILES string of the molecule is CC1CC=Cc2oc3c(-c4cccc(-c5cccc(-n6c7ccccc7c7cc(N(C)c8ccccn8)ccc76)c5)c4)nccc3c21. The Labute approximate surface area is 273 Å². The molecular formula is C42H32N4O. The first kappa shape index (κ1) is 27.4. The molecule has 0 saturated carbocycles. The molecule has 0 radical (unpaired) electrons. The van der Waals surface area contributed by atoms with Crippen molar-refractivity contribution in [3.05, 3.63) is 145 Å². The van der Waals surface area contributed by atoms with Crippen molar-refractivity contribution < 1.29 is 4.42 Å². The minimum Gasteiger partial charge on any atom is -0.454 e. The van der Waals surface area contributed by atoms with Crippen LogP contribution in [0.4, 0.5) is 11.5 Å². The molecule has 0 N–H and O–H groups in total. The number of aromatic nitrogens is 3. The summed E-state index contributed by atoms with van der Waals surface area (Å²) in [6, 6.07) is 40.9. The van der Waals surface area contributed by atoms with Crippen LogP contribution in [-0.4, -0.2) is 21.6 Å². The molecule has 4 heterocycles. The maximum atomic E-state index is 6.43. The predicted octanol–water partition coefficient (Wildman–Crippen LogP) is 10.9. The highest BCUT2D eigenvalue weighted by Gasteiger charge is 2.23. The van der Waals surface area contributed by atoms with Gasteiger partial charge in [0.05, 0.1) is 11.0 Å². The van der Waals surface area contributed by atoms with Crippen molar-refractivity contribution in [1.29, 1.82) is 0 Å². The van der Waals surface area contributed by atoms with Crippen molar-refractivity contribution in [2.75, 3.05) is 11.9 Å². The van der Waals surface area contributed by atoms with Gasteiger partial charge >= 0.3 is 0 Å². The van der Waals surface area contributed by atoms with Crippen molar-refractivity contribution in [3.63, 3.8) is 0 Å². The number of furan rings is 1. The fourth-order valence-corrected chi connectivity index (χ4v) is 7.20. The molecular weight excluding hydrogens is 576 g/mol. The Kier molecular flexibility index (Phi) is 6.32. The van der Waals surface area contributed by atoms with Crippen molar-refractivity contribution in [1.82, 2.24) is 14.5 Å². The van der Waals surface area contributed by atoms with Crippen LogP contribution in [0.5, 0.6) is 0 Å². The summed E-state index contributed by atoms with van der Waals surface area (Å²) in [4.78, 5) is 11.5. The number of rotatable bonds is 5. The molecule has 0 fully saturated rings. The lowest BCUT2D eigenvalue weighted by molar-refractivity contribution is 0.586. The van der Waals surface area contributed by atoms with E-state index in [2.05, 4.69) is 138 Å². The van der Waals surface area contributed by atoms with E-state index in [1.54, 1.807) is 0 Å². The van der Waals surface area contributed by atoms with Crippen LogP contribution >= 0.6 is 0 Å². The van der Waals surface area contributed by atoms with E-state index in [-0.39, 0.29) is 0 Å². The molecule has 0 aliphatic heterocycles. The maximum Gasteiger partial charge on any atom is 0.161 e. The number of para-hydroxylation sites is 1. The first-order valence-corrected chi connectivity index (χ1v) is 16.1. The summed E-state index contributed by atoms with van der Waals surface area (Å²) in [5.74, 6) is 2.29. The maximum absolute atomic E-state index is 6.43. The van der Waals surface area contributed by atoms with Gasteiger partial charge in [0.1, 0.15) is 17.3 Å². The molecule has 0 spiro atoms. The molecule has 1 aliphatic rings. The van der Waals surface area contributed by atoms with Crippen LogP contribution in [0.2, 0.25) is 0 Å². The molecule has 0 bridgehead atoms. The number of allylic oxidation sites excluding steroid dienone is 1. The van der Waals surface area contributed by atoms with Gasteiger partial charge in [-0.3, -0.25) is 4.98 Å². The van der Waals surface area contributed by atoms with Crippen LogP contribution in [0.1, 0.15) is 30.6 Å². The summed E-state index contributed by atoms with van der Waals surface area (Å²) in [5, 5.41) is 3.59. The minimum absolute atomic E-state index is 0.426. The Morgan fingerprint density at radius 3 is 2.40 bits per heavy atom. The number of benzene rings is 4. The third kappa shape index (κ3) is 4.46. The molecule has 1 atom stereocenters. The van der Waals surface area contributed by atoms with Gasteiger partial charge in [-0.05, 0) is 90.2 Å². The van der Waals surface area contributed by atoms with Crippen LogP contribution in [0, 0.1) is 0 Å². The van der Waals surface area contributed by atoms with Crippen LogP contribution in [0.3, 0.4) is 0 Å². The number of nitrogens with zero attached hydrogens (tertiary/aromatic N) is 4. The molecule has 226 valence electrons. The fourth-order valence-electron chi connectivity index (χ4n) is 7.20. The molecule has 5 nitrogen and oxygen atoms in total. The number of fused-ring (bicyclic) bond motifs is 6. The summed E-state index contributed by atoms with van der Waals surface area (Å²) < 4.78 is 8.80. The highest BCUT2D eigenvalue weighted by molar-refractivity contribution is 6.10. The number of hydrogen-bond donors (Lipinski definition) is 0. The smallest absolute Gasteiger partial charge is 0.161 e. The highest BCUT2D eigenvalue weighted by atomic mass is 16.3. The minimum atomic E-state index is 0.426. The lowest BCUT2D eigenvalue weighted by Crippen LogP contribution is -2.10. The van der Waals surface area contributed by atoms with Crippen LogP contribution in [0.25, 0.3) is 66.9 Å². The van der Waals surface area contributed by atoms with Crippen LogP contribution in [-0.2, 0) is 0 Å². The first-order valence-electron chi connectivity index (χ1n) is 16.1. The molecule has 5 heteroatoms. The second kappa shape index (κ2) is 10.8. The van der Waals surface area contributed by atoms with E-state index in [1.807, 2.05) is 30.6 Å². The second-order valence-electron chi connectivity index (χ2n) is 12.4. The summed E-state index contributed by atoms with van der Waals surface area (Å²) in [6.07, 6.45) is 9.08. The van der Waals surface area contributed by atoms with Gasteiger partial charge in [0.15, 0.2) is 5.58 Å². The zero-order valence-electron chi connectivity index (χ0n) is 26.3. The van der Waals surface area contributed by atoms with Gasteiger partial charge in [-0.25, -0.2) is 4.98 Å². The quantitative estimate of drug-likeness (QED) is 0.195.